The summed E-state index contributed by atoms with van der Waals surface area (Å²) in [4.78, 5) is 2.15. The lowest BCUT2D eigenvalue weighted by atomic mass is 10.0. The van der Waals surface area contributed by atoms with E-state index in [1.807, 2.05) is 31.8 Å². The molecule has 0 saturated heterocycles. The zero-order chi connectivity index (χ0) is 13.7. The summed E-state index contributed by atoms with van der Waals surface area (Å²) < 4.78 is 13.9. The SMILES string of the molecule is CCC(CSC)N(C)c1cccc(F)c1C(C)N. The Morgan fingerprint density at radius 3 is 2.61 bits per heavy atom. The molecule has 0 saturated carbocycles. The minimum absolute atomic E-state index is 0.214. The minimum Gasteiger partial charge on any atom is -0.370 e. The van der Waals surface area contributed by atoms with Gasteiger partial charge in [0.2, 0.25) is 0 Å². The predicted octanol–water partition coefficient (Wildman–Crippen LogP) is 3.42. The molecule has 0 aliphatic carbocycles. The van der Waals surface area contributed by atoms with Crippen LogP contribution in [-0.2, 0) is 0 Å². The Bertz CT molecular complexity index is 382. The second-order valence-electron chi connectivity index (χ2n) is 4.59. The first-order valence-electron chi connectivity index (χ1n) is 6.28. The van der Waals surface area contributed by atoms with Crippen LogP contribution < -0.4 is 10.6 Å². The molecule has 2 nitrogen and oxygen atoms in total. The molecule has 0 aromatic heterocycles. The van der Waals surface area contributed by atoms with Crippen molar-refractivity contribution in [2.45, 2.75) is 32.4 Å². The number of benzene rings is 1. The number of thioether (sulfide) groups is 1. The summed E-state index contributed by atoms with van der Waals surface area (Å²) in [5.74, 6) is 0.815. The predicted molar refractivity (Wildman–Crippen MR) is 79.9 cm³/mol. The van der Waals surface area contributed by atoms with Crippen LogP contribution in [0.3, 0.4) is 0 Å². The van der Waals surface area contributed by atoms with E-state index in [9.17, 15) is 4.39 Å². The summed E-state index contributed by atoms with van der Waals surface area (Å²) in [6.07, 6.45) is 3.13. The number of nitrogens with zero attached hydrogens (tertiary/aromatic N) is 1. The fourth-order valence-electron chi connectivity index (χ4n) is 2.18. The molecule has 2 N–H and O–H groups in total. The lowest BCUT2D eigenvalue weighted by Gasteiger charge is -2.31. The summed E-state index contributed by atoms with van der Waals surface area (Å²) in [5, 5.41) is 0. The number of hydrogen-bond donors (Lipinski definition) is 1. The fraction of sp³-hybridized carbons (Fsp3) is 0.571. The Hall–Kier alpha value is -0.740. The van der Waals surface area contributed by atoms with Crippen LogP contribution >= 0.6 is 11.8 Å². The van der Waals surface area contributed by atoms with E-state index in [-0.39, 0.29) is 11.9 Å². The van der Waals surface area contributed by atoms with Gasteiger partial charge in [-0.25, -0.2) is 4.39 Å². The Morgan fingerprint density at radius 2 is 2.11 bits per heavy atom. The zero-order valence-corrected chi connectivity index (χ0v) is 12.4. The highest BCUT2D eigenvalue weighted by molar-refractivity contribution is 7.98. The van der Waals surface area contributed by atoms with Crippen LogP contribution in [0.15, 0.2) is 18.2 Å². The van der Waals surface area contributed by atoms with Crippen LogP contribution in [0.2, 0.25) is 0 Å². The van der Waals surface area contributed by atoms with E-state index in [1.165, 1.54) is 6.07 Å². The van der Waals surface area contributed by atoms with Gasteiger partial charge < -0.3 is 10.6 Å². The molecule has 4 heteroatoms. The van der Waals surface area contributed by atoms with Gasteiger partial charge >= 0.3 is 0 Å². The number of rotatable bonds is 6. The minimum atomic E-state index is -0.296. The summed E-state index contributed by atoms with van der Waals surface area (Å²) in [7, 11) is 2.02. The van der Waals surface area contributed by atoms with Crippen molar-refractivity contribution < 1.29 is 4.39 Å². The fourth-order valence-corrected chi connectivity index (χ4v) is 3.02. The van der Waals surface area contributed by atoms with Crippen molar-refractivity contribution >= 4 is 17.4 Å². The van der Waals surface area contributed by atoms with Gasteiger partial charge in [0.15, 0.2) is 0 Å². The van der Waals surface area contributed by atoms with E-state index in [0.29, 0.717) is 11.6 Å². The van der Waals surface area contributed by atoms with Gasteiger partial charge in [0.1, 0.15) is 5.82 Å². The molecular formula is C14H23FN2S. The van der Waals surface area contributed by atoms with Gasteiger partial charge in [0.05, 0.1) is 0 Å². The van der Waals surface area contributed by atoms with Crippen molar-refractivity contribution in [2.24, 2.45) is 5.73 Å². The number of halogens is 1. The van der Waals surface area contributed by atoms with Crippen molar-refractivity contribution in [3.8, 4) is 0 Å². The summed E-state index contributed by atoms with van der Waals surface area (Å²) >= 11 is 1.81. The van der Waals surface area contributed by atoms with Crippen LogP contribution in [-0.4, -0.2) is 25.1 Å². The Labute approximate surface area is 114 Å². The molecule has 1 aromatic carbocycles. The maximum atomic E-state index is 13.9. The molecule has 0 heterocycles. The molecular weight excluding hydrogens is 247 g/mol. The maximum Gasteiger partial charge on any atom is 0.130 e. The summed E-state index contributed by atoms with van der Waals surface area (Å²) in [5.41, 5.74) is 7.42. The molecule has 0 aliphatic heterocycles. The van der Waals surface area contributed by atoms with E-state index < -0.39 is 0 Å². The normalized spacial score (nSPS) is 14.3. The largest absolute Gasteiger partial charge is 0.370 e. The van der Waals surface area contributed by atoms with E-state index in [2.05, 4.69) is 18.1 Å². The lowest BCUT2D eigenvalue weighted by Crippen LogP contribution is -2.34. The molecule has 0 radical (unpaired) electrons. The highest BCUT2D eigenvalue weighted by Gasteiger charge is 2.19. The van der Waals surface area contributed by atoms with E-state index in [1.54, 1.807) is 6.07 Å². The third-order valence-corrected chi connectivity index (χ3v) is 3.96. The van der Waals surface area contributed by atoms with Gasteiger partial charge in [0, 0.05) is 36.1 Å². The molecule has 1 aromatic rings. The second-order valence-corrected chi connectivity index (χ2v) is 5.50. The average Bonchev–Trinajstić information content (AvgIpc) is 2.34. The van der Waals surface area contributed by atoms with Crippen LogP contribution in [0.5, 0.6) is 0 Å². The third kappa shape index (κ3) is 3.39. The van der Waals surface area contributed by atoms with Crippen LogP contribution in [0.25, 0.3) is 0 Å². The molecule has 2 atom stereocenters. The van der Waals surface area contributed by atoms with Gasteiger partial charge in [-0.15, -0.1) is 0 Å². The molecule has 0 amide bonds. The molecule has 0 aliphatic rings. The number of nitrogens with two attached hydrogens (primary N) is 1. The Kier molecular flexibility index (Phi) is 5.96. The van der Waals surface area contributed by atoms with Crippen molar-refractivity contribution in [1.29, 1.82) is 0 Å². The van der Waals surface area contributed by atoms with Crippen molar-refractivity contribution in [3.63, 3.8) is 0 Å². The summed E-state index contributed by atoms with van der Waals surface area (Å²) in [6, 6.07) is 5.28. The van der Waals surface area contributed by atoms with Crippen LogP contribution in [0, 0.1) is 5.82 Å². The molecule has 1 rings (SSSR count). The first-order valence-corrected chi connectivity index (χ1v) is 7.68. The van der Waals surface area contributed by atoms with Gasteiger partial charge in [-0.2, -0.15) is 11.8 Å². The zero-order valence-electron chi connectivity index (χ0n) is 11.6. The number of hydrogen-bond acceptors (Lipinski definition) is 3. The molecule has 0 spiro atoms. The van der Waals surface area contributed by atoms with Gasteiger partial charge in [-0.05, 0) is 31.7 Å². The molecule has 0 bridgehead atoms. The maximum absolute atomic E-state index is 13.9. The Balaban J connectivity index is 3.11. The van der Waals surface area contributed by atoms with Crippen LogP contribution in [0.4, 0.5) is 10.1 Å². The molecule has 2 unspecified atom stereocenters. The number of anilines is 1. The van der Waals surface area contributed by atoms with E-state index >= 15 is 0 Å². The lowest BCUT2D eigenvalue weighted by molar-refractivity contribution is 0.587. The van der Waals surface area contributed by atoms with E-state index in [0.717, 1.165) is 17.9 Å². The van der Waals surface area contributed by atoms with Crippen molar-refractivity contribution in [1.82, 2.24) is 0 Å². The molecule has 102 valence electrons. The first-order chi connectivity index (χ1) is 8.52. The highest BCUT2D eigenvalue weighted by atomic mass is 32.2. The second kappa shape index (κ2) is 7.00. The smallest absolute Gasteiger partial charge is 0.130 e. The quantitative estimate of drug-likeness (QED) is 0.859. The Morgan fingerprint density at radius 1 is 1.44 bits per heavy atom. The van der Waals surface area contributed by atoms with Gasteiger partial charge in [-0.3, -0.25) is 0 Å². The first kappa shape index (κ1) is 15.3. The molecule has 18 heavy (non-hydrogen) atoms. The van der Waals surface area contributed by atoms with Gasteiger partial charge in [-0.1, -0.05) is 13.0 Å². The van der Waals surface area contributed by atoms with Crippen molar-refractivity contribution in [3.05, 3.63) is 29.6 Å². The van der Waals surface area contributed by atoms with E-state index in [4.69, 9.17) is 5.73 Å². The third-order valence-electron chi connectivity index (χ3n) is 3.24. The molecule has 0 fully saturated rings. The van der Waals surface area contributed by atoms with Crippen molar-refractivity contribution in [2.75, 3.05) is 24.0 Å². The standard InChI is InChI=1S/C14H23FN2S/c1-5-11(9-18-4)17(3)13-8-6-7-12(15)14(13)10(2)16/h6-8,10-11H,5,9,16H2,1-4H3. The van der Waals surface area contributed by atoms with Gasteiger partial charge in [0.25, 0.3) is 0 Å². The average molecular weight is 270 g/mol. The topological polar surface area (TPSA) is 29.3 Å². The monoisotopic (exact) mass is 270 g/mol. The summed E-state index contributed by atoms with van der Waals surface area (Å²) in [6.45, 7) is 3.98. The van der Waals surface area contributed by atoms with Crippen LogP contribution in [0.1, 0.15) is 31.9 Å². The highest BCUT2D eigenvalue weighted by Crippen LogP contribution is 2.29.